The predicted octanol–water partition coefficient (Wildman–Crippen LogP) is 1.99. The molecule has 0 saturated heterocycles. The Kier molecular flexibility index (Phi) is 3.99. The SMILES string of the molecule is CC1CCC(O)(CNc2cc(NN)nc(C3CC3)n2)CC1. The van der Waals surface area contributed by atoms with E-state index in [0.29, 0.717) is 18.3 Å². The van der Waals surface area contributed by atoms with Crippen LogP contribution in [0, 0.1) is 5.92 Å². The molecule has 1 aromatic rings. The molecule has 2 aliphatic carbocycles. The second-order valence-corrected chi connectivity index (χ2v) is 6.68. The average Bonchev–Trinajstić information content (AvgIpc) is 3.33. The molecular formula is C15H25N5O. The van der Waals surface area contributed by atoms with Crippen LogP contribution in [0.4, 0.5) is 11.6 Å². The maximum Gasteiger partial charge on any atom is 0.145 e. The molecule has 0 aliphatic heterocycles. The molecule has 0 amide bonds. The largest absolute Gasteiger partial charge is 0.388 e. The lowest BCUT2D eigenvalue weighted by Crippen LogP contribution is -2.40. The van der Waals surface area contributed by atoms with E-state index in [4.69, 9.17) is 5.84 Å². The summed E-state index contributed by atoms with van der Waals surface area (Å²) in [4.78, 5) is 8.93. The lowest BCUT2D eigenvalue weighted by atomic mass is 9.79. The second-order valence-electron chi connectivity index (χ2n) is 6.68. The Morgan fingerprint density at radius 1 is 1.24 bits per heavy atom. The van der Waals surface area contributed by atoms with E-state index < -0.39 is 5.60 Å². The van der Waals surface area contributed by atoms with E-state index in [9.17, 15) is 5.11 Å². The Morgan fingerprint density at radius 3 is 2.52 bits per heavy atom. The standard InChI is InChI=1S/C15H25N5O/c1-10-4-6-15(21,7-5-10)9-17-12-8-13(20-16)19-14(18-12)11-2-3-11/h8,10-11,21H,2-7,9,16H2,1H3,(H2,17,18,19,20). The zero-order valence-corrected chi connectivity index (χ0v) is 12.6. The van der Waals surface area contributed by atoms with Gasteiger partial charge in [0.2, 0.25) is 0 Å². The van der Waals surface area contributed by atoms with E-state index in [0.717, 1.165) is 56.1 Å². The van der Waals surface area contributed by atoms with Crippen LogP contribution in [0.5, 0.6) is 0 Å². The number of aromatic nitrogens is 2. The number of nitrogens with one attached hydrogen (secondary N) is 2. The van der Waals surface area contributed by atoms with Gasteiger partial charge in [0.1, 0.15) is 17.5 Å². The number of nitrogens with two attached hydrogens (primary N) is 1. The molecule has 6 nitrogen and oxygen atoms in total. The van der Waals surface area contributed by atoms with Gasteiger partial charge in [-0.05, 0) is 44.4 Å². The molecule has 2 saturated carbocycles. The summed E-state index contributed by atoms with van der Waals surface area (Å²) in [6.07, 6.45) is 6.17. The zero-order chi connectivity index (χ0) is 14.9. The minimum atomic E-state index is -0.618. The molecule has 116 valence electrons. The quantitative estimate of drug-likeness (QED) is 0.489. The lowest BCUT2D eigenvalue weighted by Gasteiger charge is -2.35. The highest BCUT2D eigenvalue weighted by Crippen LogP contribution is 2.39. The summed E-state index contributed by atoms with van der Waals surface area (Å²) in [5.41, 5.74) is 1.97. The number of rotatable bonds is 5. The number of hydrogen-bond acceptors (Lipinski definition) is 6. The van der Waals surface area contributed by atoms with Gasteiger partial charge in [-0.1, -0.05) is 6.92 Å². The first-order valence-electron chi connectivity index (χ1n) is 7.90. The van der Waals surface area contributed by atoms with Crippen molar-refractivity contribution in [2.75, 3.05) is 17.3 Å². The van der Waals surface area contributed by atoms with Gasteiger partial charge in [0.15, 0.2) is 0 Å². The molecule has 2 fully saturated rings. The Morgan fingerprint density at radius 2 is 1.90 bits per heavy atom. The van der Waals surface area contributed by atoms with Gasteiger partial charge < -0.3 is 15.8 Å². The monoisotopic (exact) mass is 291 g/mol. The summed E-state index contributed by atoms with van der Waals surface area (Å²) in [5, 5.41) is 13.9. The van der Waals surface area contributed by atoms with Crippen molar-refractivity contribution in [3.63, 3.8) is 0 Å². The van der Waals surface area contributed by atoms with Crippen molar-refractivity contribution in [3.05, 3.63) is 11.9 Å². The van der Waals surface area contributed by atoms with E-state index in [1.54, 1.807) is 6.07 Å². The number of hydrazine groups is 1. The average molecular weight is 291 g/mol. The highest BCUT2D eigenvalue weighted by Gasteiger charge is 2.32. The predicted molar refractivity (Wildman–Crippen MR) is 82.9 cm³/mol. The third-order valence-corrected chi connectivity index (χ3v) is 4.64. The Balaban J connectivity index is 1.65. The molecule has 21 heavy (non-hydrogen) atoms. The van der Waals surface area contributed by atoms with Crippen LogP contribution in [0.15, 0.2) is 6.07 Å². The Bertz CT molecular complexity index is 495. The van der Waals surface area contributed by atoms with Gasteiger partial charge in [0.05, 0.1) is 5.60 Å². The molecule has 0 unspecified atom stereocenters. The Labute approximate surface area is 125 Å². The summed E-state index contributed by atoms with van der Waals surface area (Å²) in [6.45, 7) is 2.78. The van der Waals surface area contributed by atoms with Crippen molar-refractivity contribution >= 4 is 11.6 Å². The van der Waals surface area contributed by atoms with Crippen LogP contribution in [-0.2, 0) is 0 Å². The van der Waals surface area contributed by atoms with Gasteiger partial charge in [-0.15, -0.1) is 0 Å². The summed E-state index contributed by atoms with van der Waals surface area (Å²) in [5.74, 6) is 8.87. The zero-order valence-electron chi connectivity index (χ0n) is 12.6. The van der Waals surface area contributed by atoms with Crippen LogP contribution in [0.2, 0.25) is 0 Å². The first-order chi connectivity index (χ1) is 10.1. The van der Waals surface area contributed by atoms with Crippen LogP contribution in [0.25, 0.3) is 0 Å². The maximum atomic E-state index is 10.6. The van der Waals surface area contributed by atoms with E-state index in [2.05, 4.69) is 27.6 Å². The van der Waals surface area contributed by atoms with Crippen molar-refractivity contribution in [1.29, 1.82) is 0 Å². The third kappa shape index (κ3) is 3.63. The first-order valence-corrected chi connectivity index (χ1v) is 7.90. The minimum Gasteiger partial charge on any atom is -0.388 e. The number of nitrogens with zero attached hydrogens (tertiary/aromatic N) is 2. The molecule has 0 spiro atoms. The van der Waals surface area contributed by atoms with Crippen molar-refractivity contribution < 1.29 is 5.11 Å². The lowest BCUT2D eigenvalue weighted by molar-refractivity contribution is 0.00494. The highest BCUT2D eigenvalue weighted by molar-refractivity contribution is 5.47. The number of anilines is 2. The summed E-state index contributed by atoms with van der Waals surface area (Å²) in [7, 11) is 0. The molecule has 0 radical (unpaired) electrons. The number of hydrogen-bond donors (Lipinski definition) is 4. The van der Waals surface area contributed by atoms with Crippen LogP contribution >= 0.6 is 0 Å². The fourth-order valence-corrected chi connectivity index (χ4v) is 2.89. The van der Waals surface area contributed by atoms with E-state index in [-0.39, 0.29) is 0 Å². The molecule has 0 atom stereocenters. The molecule has 3 rings (SSSR count). The van der Waals surface area contributed by atoms with E-state index >= 15 is 0 Å². The van der Waals surface area contributed by atoms with Crippen molar-refractivity contribution in [3.8, 4) is 0 Å². The molecule has 0 bridgehead atoms. The summed E-state index contributed by atoms with van der Waals surface area (Å²) >= 11 is 0. The number of aliphatic hydroxyl groups is 1. The van der Waals surface area contributed by atoms with Crippen molar-refractivity contribution in [2.45, 2.75) is 57.0 Å². The number of nitrogen functional groups attached to an aromatic ring is 1. The van der Waals surface area contributed by atoms with Crippen molar-refractivity contribution in [1.82, 2.24) is 9.97 Å². The fraction of sp³-hybridized carbons (Fsp3) is 0.733. The molecule has 6 heteroatoms. The Hall–Kier alpha value is -1.40. The van der Waals surface area contributed by atoms with Crippen molar-refractivity contribution in [2.24, 2.45) is 11.8 Å². The van der Waals surface area contributed by atoms with Crippen LogP contribution in [0.1, 0.15) is 57.2 Å². The highest BCUT2D eigenvalue weighted by atomic mass is 16.3. The fourth-order valence-electron chi connectivity index (χ4n) is 2.89. The van der Waals surface area contributed by atoms with Gasteiger partial charge in [0, 0.05) is 18.5 Å². The molecule has 1 heterocycles. The smallest absolute Gasteiger partial charge is 0.145 e. The second kappa shape index (κ2) is 5.77. The third-order valence-electron chi connectivity index (χ3n) is 4.64. The van der Waals surface area contributed by atoms with Gasteiger partial charge in [-0.25, -0.2) is 15.8 Å². The van der Waals surface area contributed by atoms with Crippen LogP contribution in [0.3, 0.4) is 0 Å². The van der Waals surface area contributed by atoms with E-state index in [1.807, 2.05) is 0 Å². The molecule has 0 aromatic carbocycles. The maximum absolute atomic E-state index is 10.6. The van der Waals surface area contributed by atoms with Gasteiger partial charge in [0.25, 0.3) is 0 Å². The normalized spacial score (nSPS) is 29.2. The topological polar surface area (TPSA) is 96.1 Å². The molecule has 2 aliphatic rings. The summed E-state index contributed by atoms with van der Waals surface area (Å²) in [6, 6.07) is 1.79. The van der Waals surface area contributed by atoms with Crippen LogP contribution < -0.4 is 16.6 Å². The molecule has 5 N–H and O–H groups in total. The van der Waals surface area contributed by atoms with E-state index in [1.165, 1.54) is 0 Å². The van der Waals surface area contributed by atoms with Gasteiger partial charge >= 0.3 is 0 Å². The minimum absolute atomic E-state index is 0.470. The van der Waals surface area contributed by atoms with Gasteiger partial charge in [-0.3, -0.25) is 0 Å². The molecule has 1 aromatic heterocycles. The van der Waals surface area contributed by atoms with Crippen LogP contribution in [-0.4, -0.2) is 27.2 Å². The summed E-state index contributed by atoms with van der Waals surface area (Å²) < 4.78 is 0. The molecular weight excluding hydrogens is 266 g/mol. The van der Waals surface area contributed by atoms with Gasteiger partial charge in [-0.2, -0.15) is 0 Å². The first kappa shape index (κ1) is 14.5.